The van der Waals surface area contributed by atoms with Gasteiger partial charge in [0.15, 0.2) is 0 Å². The maximum atomic E-state index is 12.1. The lowest BCUT2D eigenvalue weighted by atomic mass is 10.1. The van der Waals surface area contributed by atoms with Crippen molar-refractivity contribution < 1.29 is 22.6 Å². The van der Waals surface area contributed by atoms with Crippen LogP contribution >= 0.6 is 0 Å². The normalized spacial score (nSPS) is 22.4. The van der Waals surface area contributed by atoms with E-state index in [1.54, 1.807) is 7.11 Å². The Balaban J connectivity index is 1.97. The van der Waals surface area contributed by atoms with Gasteiger partial charge in [-0.05, 0) is 23.3 Å². The average Bonchev–Trinajstić information content (AvgIpc) is 2.65. The van der Waals surface area contributed by atoms with E-state index in [0.717, 1.165) is 11.1 Å². The largest absolute Gasteiger partial charge is 0.497 e. The third-order valence-electron chi connectivity index (χ3n) is 3.25. The molecule has 1 aliphatic rings. The lowest BCUT2D eigenvalue weighted by Gasteiger charge is -2.17. The highest BCUT2D eigenvalue weighted by molar-refractivity contribution is 5.42. The minimum absolute atomic E-state index is 0.354. The van der Waals surface area contributed by atoms with Crippen LogP contribution in [0.4, 0.5) is 13.2 Å². The van der Waals surface area contributed by atoms with Gasteiger partial charge in [0, 0.05) is 6.42 Å². The standard InChI is InChI=1S/C13H16F3NO2/c1-18-9-3-2-8-6-11(12(17)10(8)7-9)19-5-4-13(14,15)16/h2-3,7,11-12H,4-6,17H2,1H3. The van der Waals surface area contributed by atoms with Crippen LogP contribution in [0.15, 0.2) is 18.2 Å². The molecule has 2 unspecified atom stereocenters. The van der Waals surface area contributed by atoms with Crippen molar-refractivity contribution in [2.24, 2.45) is 5.73 Å². The summed E-state index contributed by atoms with van der Waals surface area (Å²) in [7, 11) is 1.56. The molecule has 0 saturated carbocycles. The maximum absolute atomic E-state index is 12.1. The molecule has 0 amide bonds. The second kappa shape index (κ2) is 5.38. The summed E-state index contributed by atoms with van der Waals surface area (Å²) in [5, 5.41) is 0. The van der Waals surface area contributed by atoms with E-state index in [1.165, 1.54) is 0 Å². The highest BCUT2D eigenvalue weighted by Crippen LogP contribution is 2.34. The monoisotopic (exact) mass is 275 g/mol. The number of ether oxygens (including phenoxy) is 2. The molecule has 1 aliphatic carbocycles. The maximum Gasteiger partial charge on any atom is 0.391 e. The number of hydrogen-bond donors (Lipinski definition) is 1. The fraction of sp³-hybridized carbons (Fsp3) is 0.538. The van der Waals surface area contributed by atoms with Gasteiger partial charge in [-0.2, -0.15) is 13.2 Å². The van der Waals surface area contributed by atoms with Gasteiger partial charge in [-0.3, -0.25) is 0 Å². The fourth-order valence-electron chi connectivity index (χ4n) is 2.23. The molecule has 19 heavy (non-hydrogen) atoms. The van der Waals surface area contributed by atoms with Gasteiger partial charge >= 0.3 is 6.18 Å². The molecule has 0 bridgehead atoms. The summed E-state index contributed by atoms with van der Waals surface area (Å²) in [6.45, 7) is -0.354. The van der Waals surface area contributed by atoms with Crippen molar-refractivity contribution in [3.63, 3.8) is 0 Å². The number of rotatable bonds is 4. The molecule has 3 nitrogen and oxygen atoms in total. The predicted molar refractivity (Wildman–Crippen MR) is 64.0 cm³/mol. The zero-order valence-corrected chi connectivity index (χ0v) is 10.5. The van der Waals surface area contributed by atoms with Crippen molar-refractivity contribution >= 4 is 0 Å². The summed E-state index contributed by atoms with van der Waals surface area (Å²) in [6, 6.07) is 5.09. The molecule has 2 atom stereocenters. The van der Waals surface area contributed by atoms with Crippen molar-refractivity contribution in [3.05, 3.63) is 29.3 Å². The van der Waals surface area contributed by atoms with Crippen molar-refractivity contribution in [1.82, 2.24) is 0 Å². The first-order chi connectivity index (χ1) is 8.90. The van der Waals surface area contributed by atoms with Crippen LogP contribution in [0.1, 0.15) is 23.6 Å². The Kier molecular flexibility index (Phi) is 4.01. The van der Waals surface area contributed by atoms with Crippen LogP contribution in [0.3, 0.4) is 0 Å². The Labute approximate surface area is 109 Å². The van der Waals surface area contributed by atoms with Crippen LogP contribution in [-0.4, -0.2) is 26.0 Å². The molecule has 0 fully saturated rings. The van der Waals surface area contributed by atoms with Crippen molar-refractivity contribution in [3.8, 4) is 5.75 Å². The van der Waals surface area contributed by atoms with Gasteiger partial charge in [-0.1, -0.05) is 6.07 Å². The molecule has 0 spiro atoms. The number of alkyl halides is 3. The van der Waals surface area contributed by atoms with Gasteiger partial charge in [0.25, 0.3) is 0 Å². The second-order valence-electron chi connectivity index (χ2n) is 4.57. The summed E-state index contributed by atoms with van der Waals surface area (Å²) in [5.74, 6) is 0.685. The van der Waals surface area contributed by atoms with Crippen LogP contribution in [0.5, 0.6) is 5.75 Å². The first kappa shape index (κ1) is 14.1. The third kappa shape index (κ3) is 3.39. The van der Waals surface area contributed by atoms with Gasteiger partial charge in [-0.15, -0.1) is 0 Å². The zero-order chi connectivity index (χ0) is 14.0. The lowest BCUT2D eigenvalue weighted by molar-refractivity contribution is -0.149. The Morgan fingerprint density at radius 1 is 1.37 bits per heavy atom. The first-order valence-corrected chi connectivity index (χ1v) is 6.01. The molecular formula is C13H16F3NO2. The van der Waals surface area contributed by atoms with Crippen LogP contribution in [0.2, 0.25) is 0 Å². The second-order valence-corrected chi connectivity index (χ2v) is 4.57. The molecule has 0 heterocycles. The van der Waals surface area contributed by atoms with Crippen molar-refractivity contribution in [2.75, 3.05) is 13.7 Å². The minimum atomic E-state index is -4.20. The Hall–Kier alpha value is -1.27. The van der Waals surface area contributed by atoms with E-state index in [2.05, 4.69) is 0 Å². The summed E-state index contributed by atoms with van der Waals surface area (Å²) >= 11 is 0. The van der Waals surface area contributed by atoms with Crippen molar-refractivity contribution in [1.29, 1.82) is 0 Å². The van der Waals surface area contributed by atoms with E-state index in [9.17, 15) is 13.2 Å². The number of benzene rings is 1. The predicted octanol–water partition coefficient (Wildman–Crippen LogP) is 2.59. The topological polar surface area (TPSA) is 44.5 Å². The van der Waals surface area contributed by atoms with E-state index in [0.29, 0.717) is 12.2 Å². The molecule has 1 aromatic rings. The van der Waals surface area contributed by atoms with Gasteiger partial charge in [0.1, 0.15) is 5.75 Å². The SMILES string of the molecule is COc1ccc2c(c1)C(N)C(OCCC(F)(F)F)C2. The minimum Gasteiger partial charge on any atom is -0.497 e. The molecule has 0 saturated heterocycles. The Morgan fingerprint density at radius 2 is 2.11 bits per heavy atom. The Morgan fingerprint density at radius 3 is 2.74 bits per heavy atom. The number of methoxy groups -OCH3 is 1. The molecule has 0 aromatic heterocycles. The number of nitrogens with two attached hydrogens (primary N) is 1. The molecular weight excluding hydrogens is 259 g/mol. The molecule has 2 N–H and O–H groups in total. The van der Waals surface area contributed by atoms with Crippen LogP contribution < -0.4 is 10.5 Å². The molecule has 0 radical (unpaired) electrons. The summed E-state index contributed by atoms with van der Waals surface area (Å²) in [5.41, 5.74) is 7.89. The quantitative estimate of drug-likeness (QED) is 0.918. The molecule has 6 heteroatoms. The van der Waals surface area contributed by atoms with Gasteiger partial charge in [0.2, 0.25) is 0 Å². The number of hydrogen-bond acceptors (Lipinski definition) is 3. The van der Waals surface area contributed by atoms with E-state index in [4.69, 9.17) is 15.2 Å². The van der Waals surface area contributed by atoms with E-state index < -0.39 is 24.7 Å². The smallest absolute Gasteiger partial charge is 0.391 e. The average molecular weight is 275 g/mol. The van der Waals surface area contributed by atoms with E-state index in [1.807, 2.05) is 18.2 Å². The van der Waals surface area contributed by atoms with Gasteiger partial charge in [-0.25, -0.2) is 0 Å². The van der Waals surface area contributed by atoms with E-state index in [-0.39, 0.29) is 6.61 Å². The van der Waals surface area contributed by atoms with Gasteiger partial charge < -0.3 is 15.2 Å². The van der Waals surface area contributed by atoms with Crippen LogP contribution in [0.25, 0.3) is 0 Å². The molecule has 0 aliphatic heterocycles. The fourth-order valence-corrected chi connectivity index (χ4v) is 2.23. The number of fused-ring (bicyclic) bond motifs is 1. The molecule has 2 rings (SSSR count). The van der Waals surface area contributed by atoms with E-state index >= 15 is 0 Å². The summed E-state index contributed by atoms with van der Waals surface area (Å²) in [4.78, 5) is 0. The number of halogens is 3. The zero-order valence-electron chi connectivity index (χ0n) is 10.5. The Bertz CT molecular complexity index is 448. The molecule has 106 valence electrons. The highest BCUT2D eigenvalue weighted by atomic mass is 19.4. The van der Waals surface area contributed by atoms with Crippen molar-refractivity contribution in [2.45, 2.75) is 31.2 Å². The highest BCUT2D eigenvalue weighted by Gasteiger charge is 2.32. The third-order valence-corrected chi connectivity index (χ3v) is 3.25. The van der Waals surface area contributed by atoms with Gasteiger partial charge in [0.05, 0.1) is 32.3 Å². The summed E-state index contributed by atoms with van der Waals surface area (Å²) < 4.78 is 46.5. The first-order valence-electron chi connectivity index (χ1n) is 6.01. The van der Waals surface area contributed by atoms with Crippen LogP contribution in [0, 0.1) is 0 Å². The summed E-state index contributed by atoms with van der Waals surface area (Å²) in [6.07, 6.45) is -5.00. The molecule has 1 aromatic carbocycles. The van der Waals surface area contributed by atoms with Crippen LogP contribution in [-0.2, 0) is 11.2 Å². The lowest BCUT2D eigenvalue weighted by Crippen LogP contribution is -2.26.